The normalized spacial score (nSPS) is 12.3. The molecule has 0 saturated carbocycles. The Bertz CT molecular complexity index is 990. The summed E-state index contributed by atoms with van der Waals surface area (Å²) in [5.41, 5.74) is 6.75. The molecular weight excluding hydrogens is 326 g/mol. The van der Waals surface area contributed by atoms with Gasteiger partial charge in [-0.1, -0.05) is 12.1 Å². The number of primary amides is 1. The third kappa shape index (κ3) is 2.56. The number of hydrogen-bond donors (Lipinski definition) is 1. The van der Waals surface area contributed by atoms with Crippen molar-refractivity contribution in [2.45, 2.75) is 19.9 Å². The lowest BCUT2D eigenvalue weighted by molar-refractivity contribution is -0.120. The summed E-state index contributed by atoms with van der Waals surface area (Å²) in [6, 6.07) is 6.72. The van der Waals surface area contributed by atoms with Gasteiger partial charge in [0, 0.05) is 10.9 Å². The molecule has 6 nitrogen and oxygen atoms in total. The topological polar surface area (TPSA) is 87.2 Å². The number of amides is 1. The van der Waals surface area contributed by atoms with Crippen molar-refractivity contribution < 1.29 is 9.53 Å². The number of thiophene rings is 1. The van der Waals surface area contributed by atoms with Crippen molar-refractivity contribution in [1.29, 1.82) is 0 Å². The zero-order chi connectivity index (χ0) is 17.4. The Morgan fingerprint density at radius 2 is 2.17 bits per heavy atom. The summed E-state index contributed by atoms with van der Waals surface area (Å²) in [4.78, 5) is 29.6. The predicted octanol–water partition coefficient (Wildman–Crippen LogP) is 2.49. The molecule has 0 bridgehead atoms. The average Bonchev–Trinajstić information content (AvgIpc) is 2.98. The molecule has 3 aromatic rings. The van der Waals surface area contributed by atoms with Gasteiger partial charge in [-0.05, 0) is 31.5 Å². The van der Waals surface area contributed by atoms with Crippen LogP contribution in [0.3, 0.4) is 0 Å². The number of nitrogens with zero attached hydrogens (tertiary/aromatic N) is 2. The highest BCUT2D eigenvalue weighted by molar-refractivity contribution is 7.17. The molecule has 2 N–H and O–H groups in total. The van der Waals surface area contributed by atoms with Crippen LogP contribution in [0.25, 0.3) is 21.3 Å². The average molecular weight is 343 g/mol. The van der Waals surface area contributed by atoms with E-state index in [-0.39, 0.29) is 5.56 Å². The van der Waals surface area contributed by atoms with Gasteiger partial charge in [-0.2, -0.15) is 0 Å². The largest absolute Gasteiger partial charge is 0.497 e. The van der Waals surface area contributed by atoms with Gasteiger partial charge in [-0.25, -0.2) is 4.98 Å². The molecule has 1 unspecified atom stereocenters. The van der Waals surface area contributed by atoms with Crippen molar-refractivity contribution in [1.82, 2.24) is 9.55 Å². The molecule has 1 aromatic carbocycles. The summed E-state index contributed by atoms with van der Waals surface area (Å²) in [5, 5.41) is 2.39. The molecule has 2 heterocycles. The molecule has 7 heteroatoms. The van der Waals surface area contributed by atoms with Crippen molar-refractivity contribution in [2.24, 2.45) is 5.73 Å². The molecule has 1 atom stereocenters. The lowest BCUT2D eigenvalue weighted by atomic mass is 10.1. The lowest BCUT2D eigenvalue weighted by Gasteiger charge is -2.14. The summed E-state index contributed by atoms with van der Waals surface area (Å²) in [6.45, 7) is 3.30. The molecule has 0 aliphatic heterocycles. The van der Waals surface area contributed by atoms with E-state index in [0.717, 1.165) is 11.1 Å². The molecule has 0 radical (unpaired) electrons. The maximum absolute atomic E-state index is 13.0. The molecule has 0 aliphatic rings. The molecule has 24 heavy (non-hydrogen) atoms. The fraction of sp³-hybridized carbons (Fsp3) is 0.235. The van der Waals surface area contributed by atoms with Gasteiger partial charge in [0.2, 0.25) is 5.91 Å². The quantitative estimate of drug-likeness (QED) is 0.788. The van der Waals surface area contributed by atoms with Crippen LogP contribution in [-0.4, -0.2) is 22.6 Å². The second-order valence-electron chi connectivity index (χ2n) is 5.47. The molecule has 0 spiro atoms. The molecule has 0 fully saturated rings. The maximum Gasteiger partial charge on any atom is 0.263 e. The van der Waals surface area contributed by atoms with Gasteiger partial charge in [-0.15, -0.1) is 11.3 Å². The molecule has 2 aromatic heterocycles. The van der Waals surface area contributed by atoms with Crippen LogP contribution in [0, 0.1) is 6.92 Å². The number of hydrogen-bond acceptors (Lipinski definition) is 5. The van der Waals surface area contributed by atoms with Gasteiger partial charge in [0.15, 0.2) is 0 Å². The summed E-state index contributed by atoms with van der Waals surface area (Å²) < 4.78 is 6.60. The molecule has 0 aliphatic carbocycles. The minimum Gasteiger partial charge on any atom is -0.497 e. The fourth-order valence-electron chi connectivity index (χ4n) is 2.69. The second-order valence-corrected chi connectivity index (χ2v) is 6.33. The first-order valence-electron chi connectivity index (χ1n) is 7.38. The molecular formula is C17H17N3O3S. The van der Waals surface area contributed by atoms with E-state index >= 15 is 0 Å². The van der Waals surface area contributed by atoms with E-state index in [1.165, 1.54) is 15.9 Å². The number of fused-ring (bicyclic) bond motifs is 1. The number of methoxy groups -OCH3 is 1. The van der Waals surface area contributed by atoms with E-state index in [1.54, 1.807) is 21.0 Å². The Kier molecular flexibility index (Phi) is 4.11. The summed E-state index contributed by atoms with van der Waals surface area (Å²) >= 11 is 1.40. The lowest BCUT2D eigenvalue weighted by Crippen LogP contribution is -2.34. The Balaban J connectivity index is 2.30. The minimum absolute atomic E-state index is 0.261. The van der Waals surface area contributed by atoms with Crippen molar-refractivity contribution in [3.63, 3.8) is 0 Å². The highest BCUT2D eigenvalue weighted by Gasteiger charge is 2.21. The number of carbonyl (C=O) groups is 1. The van der Waals surface area contributed by atoms with Crippen molar-refractivity contribution in [3.8, 4) is 16.9 Å². The third-order valence-corrected chi connectivity index (χ3v) is 4.87. The number of benzene rings is 1. The SMILES string of the molecule is COc1cccc(-c2csc3nc(C)n(C(C)C(N)=O)c(=O)c23)c1. The first kappa shape index (κ1) is 16.2. The molecule has 1 amide bonds. The predicted molar refractivity (Wildman–Crippen MR) is 94.5 cm³/mol. The van der Waals surface area contributed by atoms with Crippen LogP contribution in [-0.2, 0) is 4.79 Å². The molecule has 124 valence electrons. The Morgan fingerprint density at radius 1 is 1.42 bits per heavy atom. The summed E-state index contributed by atoms with van der Waals surface area (Å²) in [6.07, 6.45) is 0. The zero-order valence-corrected chi connectivity index (χ0v) is 14.4. The van der Waals surface area contributed by atoms with Gasteiger partial charge < -0.3 is 10.5 Å². The monoisotopic (exact) mass is 343 g/mol. The van der Waals surface area contributed by atoms with Gasteiger partial charge in [0.1, 0.15) is 22.4 Å². The van der Waals surface area contributed by atoms with Crippen LogP contribution in [0.4, 0.5) is 0 Å². The number of ether oxygens (including phenoxy) is 1. The van der Waals surface area contributed by atoms with E-state index in [4.69, 9.17) is 10.5 Å². The number of nitrogens with two attached hydrogens (primary N) is 1. The first-order chi connectivity index (χ1) is 11.4. The van der Waals surface area contributed by atoms with E-state index in [0.29, 0.717) is 21.8 Å². The van der Waals surface area contributed by atoms with Crippen molar-refractivity contribution >= 4 is 27.5 Å². The van der Waals surface area contributed by atoms with Crippen LogP contribution in [0.5, 0.6) is 5.75 Å². The standard InChI is InChI=1S/C17H17N3O3S/c1-9(15(18)21)20-10(2)19-16-14(17(20)22)13(8-24-16)11-5-4-6-12(7-11)23-3/h4-9H,1-3H3,(H2,18,21). The van der Waals surface area contributed by atoms with Crippen LogP contribution in [0.1, 0.15) is 18.8 Å². The summed E-state index contributed by atoms with van der Waals surface area (Å²) in [5.74, 6) is 0.607. The van der Waals surface area contributed by atoms with Crippen molar-refractivity contribution in [3.05, 3.63) is 45.8 Å². The fourth-order valence-corrected chi connectivity index (χ4v) is 3.67. The van der Waals surface area contributed by atoms with E-state index < -0.39 is 11.9 Å². The van der Waals surface area contributed by atoms with Gasteiger partial charge in [0.25, 0.3) is 5.56 Å². The number of rotatable bonds is 4. The second kappa shape index (κ2) is 6.09. The Morgan fingerprint density at radius 3 is 2.83 bits per heavy atom. The van der Waals surface area contributed by atoms with Crippen LogP contribution >= 0.6 is 11.3 Å². The van der Waals surface area contributed by atoms with Gasteiger partial charge >= 0.3 is 0 Å². The number of carbonyl (C=O) groups excluding carboxylic acids is 1. The van der Waals surface area contributed by atoms with Crippen LogP contribution in [0.2, 0.25) is 0 Å². The van der Waals surface area contributed by atoms with Crippen molar-refractivity contribution in [2.75, 3.05) is 7.11 Å². The molecule has 0 saturated heterocycles. The Hall–Kier alpha value is -2.67. The van der Waals surface area contributed by atoms with E-state index in [1.807, 2.05) is 29.6 Å². The highest BCUT2D eigenvalue weighted by Crippen LogP contribution is 2.33. The Labute approximate surface area is 142 Å². The minimum atomic E-state index is -0.757. The van der Waals surface area contributed by atoms with Gasteiger partial charge in [0.05, 0.1) is 12.5 Å². The first-order valence-corrected chi connectivity index (χ1v) is 8.26. The van der Waals surface area contributed by atoms with Crippen LogP contribution < -0.4 is 16.0 Å². The van der Waals surface area contributed by atoms with E-state index in [9.17, 15) is 9.59 Å². The zero-order valence-electron chi connectivity index (χ0n) is 13.6. The highest BCUT2D eigenvalue weighted by atomic mass is 32.1. The summed E-state index contributed by atoms with van der Waals surface area (Å²) in [7, 11) is 1.59. The molecule has 3 rings (SSSR count). The smallest absolute Gasteiger partial charge is 0.263 e. The van der Waals surface area contributed by atoms with Crippen LogP contribution in [0.15, 0.2) is 34.4 Å². The van der Waals surface area contributed by atoms with E-state index in [2.05, 4.69) is 4.98 Å². The van der Waals surface area contributed by atoms with Gasteiger partial charge in [-0.3, -0.25) is 14.2 Å². The number of aromatic nitrogens is 2. The number of aryl methyl sites for hydroxylation is 1. The third-order valence-electron chi connectivity index (χ3n) is 4.00. The maximum atomic E-state index is 13.0.